The molecule has 0 saturated carbocycles. The van der Waals surface area contributed by atoms with E-state index >= 15 is 0 Å². The number of halogens is 1. The summed E-state index contributed by atoms with van der Waals surface area (Å²) in [5, 5.41) is 2.74. The summed E-state index contributed by atoms with van der Waals surface area (Å²) in [6.45, 7) is 5.50. The van der Waals surface area contributed by atoms with Crippen LogP contribution in [0.5, 0.6) is 0 Å². The molecule has 0 heterocycles. The van der Waals surface area contributed by atoms with Crippen LogP contribution in [-0.2, 0) is 26.2 Å². The van der Waals surface area contributed by atoms with E-state index in [1.165, 1.54) is 23.1 Å². The van der Waals surface area contributed by atoms with Crippen LogP contribution in [0.3, 0.4) is 0 Å². The summed E-state index contributed by atoms with van der Waals surface area (Å²) in [5.41, 5.74) is 1.90. The third-order valence-corrected chi connectivity index (χ3v) is 6.13. The normalized spacial score (nSPS) is 12.2. The molecule has 2 rings (SSSR count). The molecular formula is C23H30FN3O4S. The van der Waals surface area contributed by atoms with E-state index in [2.05, 4.69) is 5.32 Å². The Balaban J connectivity index is 2.42. The Morgan fingerprint density at radius 2 is 1.75 bits per heavy atom. The first-order chi connectivity index (χ1) is 15.1. The molecule has 0 aliphatic rings. The van der Waals surface area contributed by atoms with Crippen LogP contribution in [0.15, 0.2) is 48.5 Å². The molecule has 0 spiro atoms. The fourth-order valence-corrected chi connectivity index (χ4v) is 4.19. The lowest BCUT2D eigenvalue weighted by Gasteiger charge is -2.32. The zero-order valence-corrected chi connectivity index (χ0v) is 19.7. The number of rotatable bonds is 10. The number of carbonyl (C=O) groups excluding carboxylic acids is 2. The fraction of sp³-hybridized carbons (Fsp3) is 0.391. The predicted octanol–water partition coefficient (Wildman–Crippen LogP) is 2.84. The Morgan fingerprint density at radius 1 is 1.09 bits per heavy atom. The lowest BCUT2D eigenvalue weighted by atomic mass is 10.1. The minimum absolute atomic E-state index is 0.0437. The van der Waals surface area contributed by atoms with Crippen LogP contribution in [-0.4, -0.2) is 50.5 Å². The minimum atomic E-state index is -3.89. The van der Waals surface area contributed by atoms with Crippen LogP contribution in [0.25, 0.3) is 0 Å². The van der Waals surface area contributed by atoms with Gasteiger partial charge in [0, 0.05) is 13.1 Å². The van der Waals surface area contributed by atoms with Gasteiger partial charge in [-0.3, -0.25) is 13.9 Å². The number of amides is 2. The first kappa shape index (κ1) is 25.3. The van der Waals surface area contributed by atoms with E-state index in [-0.39, 0.29) is 18.1 Å². The number of hydrogen-bond donors (Lipinski definition) is 1. The van der Waals surface area contributed by atoms with Crippen LogP contribution < -0.4 is 9.62 Å². The van der Waals surface area contributed by atoms with Crippen LogP contribution in [0, 0.1) is 12.7 Å². The average Bonchev–Trinajstić information content (AvgIpc) is 2.72. The molecule has 2 aromatic rings. The molecule has 0 fully saturated rings. The van der Waals surface area contributed by atoms with Crippen LogP contribution in [0.1, 0.15) is 31.4 Å². The standard InChI is InChI=1S/C23H30FN3O4S/c1-5-21(23(29)25-6-2)26(15-18-12-10-17(3)11-13-18)22(28)16-27(32(4,30)31)20-9-7-8-19(24)14-20/h7-14,21H,5-6,15-16H2,1-4H3,(H,25,29)/t21-/m0/s1. The van der Waals surface area contributed by atoms with Gasteiger partial charge in [-0.15, -0.1) is 0 Å². The van der Waals surface area contributed by atoms with Crippen molar-refractivity contribution in [2.75, 3.05) is 23.7 Å². The van der Waals surface area contributed by atoms with Gasteiger partial charge in [0.1, 0.15) is 18.4 Å². The van der Waals surface area contributed by atoms with Gasteiger partial charge in [-0.05, 0) is 44.0 Å². The highest BCUT2D eigenvalue weighted by Crippen LogP contribution is 2.20. The van der Waals surface area contributed by atoms with Gasteiger partial charge in [0.05, 0.1) is 11.9 Å². The van der Waals surface area contributed by atoms with Crippen molar-refractivity contribution in [3.8, 4) is 0 Å². The number of likely N-dealkylation sites (N-methyl/N-ethyl adjacent to an activating group) is 1. The molecule has 174 valence electrons. The number of nitrogens with zero attached hydrogens (tertiary/aromatic N) is 2. The highest BCUT2D eigenvalue weighted by atomic mass is 32.2. The van der Waals surface area contributed by atoms with Gasteiger partial charge in [-0.1, -0.05) is 42.8 Å². The first-order valence-electron chi connectivity index (χ1n) is 10.4. The Bertz CT molecular complexity index is 1040. The highest BCUT2D eigenvalue weighted by Gasteiger charge is 2.31. The van der Waals surface area contributed by atoms with Crippen LogP contribution in [0.4, 0.5) is 10.1 Å². The number of carbonyl (C=O) groups is 2. The Morgan fingerprint density at radius 3 is 2.28 bits per heavy atom. The molecule has 0 aliphatic heterocycles. The zero-order valence-electron chi connectivity index (χ0n) is 18.8. The summed E-state index contributed by atoms with van der Waals surface area (Å²) in [5.74, 6) is -1.49. The molecule has 0 aliphatic carbocycles. The molecule has 0 bridgehead atoms. The van der Waals surface area contributed by atoms with Crippen LogP contribution >= 0.6 is 0 Å². The van der Waals surface area contributed by atoms with E-state index in [4.69, 9.17) is 0 Å². The summed E-state index contributed by atoms with van der Waals surface area (Å²) in [6, 6.07) is 11.8. The van der Waals surface area contributed by atoms with Crippen molar-refractivity contribution in [2.24, 2.45) is 0 Å². The Labute approximate surface area is 189 Å². The van der Waals surface area contributed by atoms with E-state index in [0.717, 1.165) is 27.8 Å². The zero-order chi connectivity index (χ0) is 23.9. The molecule has 32 heavy (non-hydrogen) atoms. The summed E-state index contributed by atoms with van der Waals surface area (Å²) in [7, 11) is -3.89. The van der Waals surface area contributed by atoms with Gasteiger partial charge in [0.2, 0.25) is 21.8 Å². The van der Waals surface area contributed by atoms with E-state index in [0.29, 0.717) is 13.0 Å². The van der Waals surface area contributed by atoms with Crippen LogP contribution in [0.2, 0.25) is 0 Å². The van der Waals surface area contributed by atoms with Gasteiger partial charge >= 0.3 is 0 Å². The fourth-order valence-electron chi connectivity index (χ4n) is 3.35. The summed E-state index contributed by atoms with van der Waals surface area (Å²) < 4.78 is 39.4. The van der Waals surface area contributed by atoms with Gasteiger partial charge in [-0.25, -0.2) is 12.8 Å². The number of hydrogen-bond acceptors (Lipinski definition) is 4. The van der Waals surface area contributed by atoms with E-state index in [1.807, 2.05) is 31.2 Å². The topological polar surface area (TPSA) is 86.8 Å². The Kier molecular flexibility index (Phi) is 8.77. The predicted molar refractivity (Wildman–Crippen MR) is 123 cm³/mol. The summed E-state index contributed by atoms with van der Waals surface area (Å²) in [6.07, 6.45) is 1.30. The van der Waals surface area contributed by atoms with Gasteiger partial charge in [0.25, 0.3) is 0 Å². The van der Waals surface area contributed by atoms with E-state index < -0.39 is 34.3 Å². The molecule has 2 aromatic carbocycles. The number of anilines is 1. The quantitative estimate of drug-likeness (QED) is 0.587. The maximum absolute atomic E-state index is 13.7. The maximum atomic E-state index is 13.7. The number of benzene rings is 2. The van der Waals surface area contributed by atoms with Crippen molar-refractivity contribution in [2.45, 2.75) is 39.8 Å². The Hall–Kier alpha value is -2.94. The van der Waals surface area contributed by atoms with Crippen molar-refractivity contribution in [1.29, 1.82) is 0 Å². The first-order valence-corrected chi connectivity index (χ1v) is 12.3. The second-order valence-electron chi connectivity index (χ2n) is 7.58. The van der Waals surface area contributed by atoms with Crippen molar-refractivity contribution in [3.63, 3.8) is 0 Å². The molecule has 9 heteroatoms. The third kappa shape index (κ3) is 6.78. The molecule has 2 amide bonds. The van der Waals surface area contributed by atoms with E-state index in [1.54, 1.807) is 13.8 Å². The largest absolute Gasteiger partial charge is 0.355 e. The maximum Gasteiger partial charge on any atom is 0.244 e. The van der Waals surface area contributed by atoms with Gasteiger partial charge < -0.3 is 10.2 Å². The van der Waals surface area contributed by atoms with E-state index in [9.17, 15) is 22.4 Å². The second kappa shape index (κ2) is 11.1. The third-order valence-electron chi connectivity index (χ3n) is 4.99. The monoisotopic (exact) mass is 463 g/mol. The minimum Gasteiger partial charge on any atom is -0.355 e. The number of sulfonamides is 1. The number of nitrogens with one attached hydrogen (secondary N) is 1. The van der Waals surface area contributed by atoms with Gasteiger partial charge in [-0.2, -0.15) is 0 Å². The second-order valence-corrected chi connectivity index (χ2v) is 9.48. The highest BCUT2D eigenvalue weighted by molar-refractivity contribution is 7.92. The molecule has 0 saturated heterocycles. The molecule has 7 nitrogen and oxygen atoms in total. The van der Waals surface area contributed by atoms with Crippen molar-refractivity contribution >= 4 is 27.5 Å². The smallest absolute Gasteiger partial charge is 0.244 e. The molecule has 1 N–H and O–H groups in total. The summed E-state index contributed by atoms with van der Waals surface area (Å²) in [4.78, 5) is 27.4. The molecular weight excluding hydrogens is 433 g/mol. The molecule has 0 aromatic heterocycles. The van der Waals surface area contributed by atoms with Crippen molar-refractivity contribution in [1.82, 2.24) is 10.2 Å². The van der Waals surface area contributed by atoms with Gasteiger partial charge in [0.15, 0.2) is 0 Å². The lowest BCUT2D eigenvalue weighted by Crippen LogP contribution is -2.52. The molecule has 0 radical (unpaired) electrons. The van der Waals surface area contributed by atoms with Crippen molar-refractivity contribution < 1.29 is 22.4 Å². The average molecular weight is 464 g/mol. The lowest BCUT2D eigenvalue weighted by molar-refractivity contribution is -0.140. The molecule has 0 unspecified atom stereocenters. The number of aryl methyl sites for hydroxylation is 1. The SMILES string of the molecule is CCNC(=O)[C@H](CC)N(Cc1ccc(C)cc1)C(=O)CN(c1cccc(F)c1)S(C)(=O)=O. The van der Waals surface area contributed by atoms with Crippen molar-refractivity contribution in [3.05, 3.63) is 65.5 Å². The summed E-state index contributed by atoms with van der Waals surface area (Å²) >= 11 is 0. The molecule has 1 atom stereocenters.